The van der Waals surface area contributed by atoms with Crippen LogP contribution in [0.4, 0.5) is 5.82 Å². The number of piperidine rings is 1. The van der Waals surface area contributed by atoms with Crippen LogP contribution >= 0.6 is 0 Å². The number of amides is 1. The average molecular weight is 342 g/mol. The van der Waals surface area contributed by atoms with Gasteiger partial charge in [0.25, 0.3) is 0 Å². The van der Waals surface area contributed by atoms with Gasteiger partial charge in [-0.05, 0) is 31.6 Å². The van der Waals surface area contributed by atoms with Gasteiger partial charge in [-0.1, -0.05) is 6.42 Å². The Balaban J connectivity index is 1.37. The summed E-state index contributed by atoms with van der Waals surface area (Å²) in [5.74, 6) is 2.21. The Kier molecular flexibility index (Phi) is 4.31. The first-order valence-electron chi connectivity index (χ1n) is 9.26. The molecular weight excluding hydrogens is 316 g/mol. The van der Waals surface area contributed by atoms with E-state index >= 15 is 0 Å². The molecule has 0 spiro atoms. The number of rotatable bonds is 4. The molecule has 1 aliphatic carbocycles. The minimum atomic E-state index is 0.296. The van der Waals surface area contributed by atoms with Crippen LogP contribution in [0.3, 0.4) is 0 Å². The quantitative estimate of drug-likeness (QED) is 0.848. The van der Waals surface area contributed by atoms with Crippen molar-refractivity contribution in [1.82, 2.24) is 24.6 Å². The fourth-order valence-corrected chi connectivity index (χ4v) is 3.97. The normalized spacial score (nSPS) is 19.2. The number of carbonyl (C=O) groups excluding carboxylic acids is 1. The van der Waals surface area contributed by atoms with E-state index in [1.807, 2.05) is 25.2 Å². The lowest BCUT2D eigenvalue weighted by Gasteiger charge is -2.36. The maximum atomic E-state index is 12.3. The molecule has 2 aliphatic rings. The molecule has 0 radical (unpaired) electrons. The van der Waals surface area contributed by atoms with Crippen LogP contribution in [-0.4, -0.2) is 57.2 Å². The van der Waals surface area contributed by atoms with Gasteiger partial charge < -0.3 is 9.80 Å². The van der Waals surface area contributed by atoms with Gasteiger partial charge in [0.15, 0.2) is 5.65 Å². The third-order valence-electron chi connectivity index (χ3n) is 5.79. The molecule has 0 bridgehead atoms. The summed E-state index contributed by atoms with van der Waals surface area (Å²) in [5.41, 5.74) is 0.873. The molecule has 2 aromatic rings. The van der Waals surface area contributed by atoms with Gasteiger partial charge in [0, 0.05) is 39.6 Å². The zero-order valence-electron chi connectivity index (χ0n) is 15.1. The second-order valence-electron chi connectivity index (χ2n) is 7.48. The molecule has 0 N–H and O–H groups in total. The maximum Gasteiger partial charge on any atom is 0.225 e. The number of fused-ring (bicyclic) bond motifs is 1. The second-order valence-corrected chi connectivity index (χ2v) is 7.48. The lowest BCUT2D eigenvalue weighted by atomic mass is 9.84. The van der Waals surface area contributed by atoms with Gasteiger partial charge in [0.2, 0.25) is 5.91 Å². The van der Waals surface area contributed by atoms with Crippen LogP contribution in [0.1, 0.15) is 32.1 Å². The van der Waals surface area contributed by atoms with Crippen LogP contribution in [0.15, 0.2) is 12.5 Å². The molecule has 0 aromatic carbocycles. The molecule has 0 atom stereocenters. The van der Waals surface area contributed by atoms with Crippen molar-refractivity contribution < 1.29 is 4.79 Å². The van der Waals surface area contributed by atoms with Crippen LogP contribution in [0.2, 0.25) is 0 Å². The Morgan fingerprint density at radius 2 is 2.00 bits per heavy atom. The summed E-state index contributed by atoms with van der Waals surface area (Å²) in [4.78, 5) is 25.4. The molecule has 0 unspecified atom stereocenters. The van der Waals surface area contributed by atoms with Crippen LogP contribution in [0.25, 0.3) is 11.0 Å². The van der Waals surface area contributed by atoms with Crippen molar-refractivity contribution in [2.75, 3.05) is 31.6 Å². The molecule has 1 saturated carbocycles. The summed E-state index contributed by atoms with van der Waals surface area (Å²) >= 11 is 0. The van der Waals surface area contributed by atoms with E-state index in [-0.39, 0.29) is 0 Å². The van der Waals surface area contributed by atoms with Crippen molar-refractivity contribution in [1.29, 1.82) is 0 Å². The van der Waals surface area contributed by atoms with Gasteiger partial charge >= 0.3 is 0 Å². The van der Waals surface area contributed by atoms with E-state index in [0.29, 0.717) is 17.7 Å². The summed E-state index contributed by atoms with van der Waals surface area (Å²) in [6, 6.07) is 0. The van der Waals surface area contributed by atoms with Gasteiger partial charge in [0.05, 0.1) is 11.6 Å². The maximum absolute atomic E-state index is 12.3. The molecular formula is C18H26N6O. The molecule has 3 heterocycles. The molecule has 1 amide bonds. The van der Waals surface area contributed by atoms with Crippen molar-refractivity contribution in [3.63, 3.8) is 0 Å². The molecule has 25 heavy (non-hydrogen) atoms. The molecule has 134 valence electrons. The summed E-state index contributed by atoms with van der Waals surface area (Å²) < 4.78 is 1.79. The van der Waals surface area contributed by atoms with Gasteiger partial charge in [-0.15, -0.1) is 0 Å². The molecule has 1 aliphatic heterocycles. The lowest BCUT2D eigenvalue weighted by Crippen LogP contribution is -2.42. The molecule has 7 heteroatoms. The minimum absolute atomic E-state index is 0.296. The highest BCUT2D eigenvalue weighted by Gasteiger charge is 2.30. The van der Waals surface area contributed by atoms with Gasteiger partial charge in [-0.2, -0.15) is 5.10 Å². The first-order valence-corrected chi connectivity index (χ1v) is 9.26. The van der Waals surface area contributed by atoms with Crippen LogP contribution in [0.5, 0.6) is 0 Å². The van der Waals surface area contributed by atoms with E-state index in [9.17, 15) is 4.79 Å². The predicted octanol–water partition coefficient (Wildman–Crippen LogP) is 1.84. The van der Waals surface area contributed by atoms with E-state index in [0.717, 1.165) is 62.2 Å². The van der Waals surface area contributed by atoms with Crippen LogP contribution in [0, 0.1) is 11.8 Å². The smallest absolute Gasteiger partial charge is 0.225 e. The molecule has 2 aromatic heterocycles. The van der Waals surface area contributed by atoms with Gasteiger partial charge in [-0.3, -0.25) is 9.48 Å². The van der Waals surface area contributed by atoms with E-state index in [2.05, 4.69) is 20.0 Å². The Hall–Kier alpha value is -2.18. The molecule has 7 nitrogen and oxygen atoms in total. The van der Waals surface area contributed by atoms with E-state index in [1.165, 1.54) is 6.42 Å². The zero-order chi connectivity index (χ0) is 17.4. The van der Waals surface area contributed by atoms with Crippen LogP contribution in [-0.2, 0) is 11.8 Å². The minimum Gasteiger partial charge on any atom is -0.356 e. The highest BCUT2D eigenvalue weighted by Crippen LogP contribution is 2.30. The summed E-state index contributed by atoms with van der Waals surface area (Å²) in [6.45, 7) is 2.82. The Bertz CT molecular complexity index is 760. The first-order chi connectivity index (χ1) is 12.1. The molecule has 2 fully saturated rings. The number of hydrogen-bond donors (Lipinski definition) is 0. The molecule has 1 saturated heterocycles. The number of anilines is 1. The first kappa shape index (κ1) is 16.3. The van der Waals surface area contributed by atoms with Gasteiger partial charge in [-0.25, -0.2) is 9.97 Å². The van der Waals surface area contributed by atoms with E-state index in [1.54, 1.807) is 11.0 Å². The predicted molar refractivity (Wildman–Crippen MR) is 96.2 cm³/mol. The zero-order valence-corrected chi connectivity index (χ0v) is 15.1. The monoisotopic (exact) mass is 342 g/mol. The Morgan fingerprint density at radius 1 is 1.24 bits per heavy atom. The SMILES string of the molecule is CN(CC1CCN(c2ncnc3c2cnn3C)CC1)C(=O)C1CCC1. The number of aryl methyl sites for hydroxylation is 1. The summed E-state index contributed by atoms with van der Waals surface area (Å²) in [6.07, 6.45) is 9.03. The fraction of sp³-hybridized carbons (Fsp3) is 0.667. The largest absolute Gasteiger partial charge is 0.356 e. The van der Waals surface area contributed by atoms with Crippen molar-refractivity contribution in [3.8, 4) is 0 Å². The number of hydrogen-bond acceptors (Lipinski definition) is 5. The van der Waals surface area contributed by atoms with Gasteiger partial charge in [0.1, 0.15) is 12.1 Å². The fourth-order valence-electron chi connectivity index (χ4n) is 3.97. The summed E-state index contributed by atoms with van der Waals surface area (Å²) in [5, 5.41) is 5.31. The Morgan fingerprint density at radius 3 is 2.68 bits per heavy atom. The Labute approximate surface area is 148 Å². The third kappa shape index (κ3) is 3.07. The standard InChI is InChI=1S/C18H26N6O/c1-22(18(25)14-4-3-5-14)11-13-6-8-24(9-7-13)17-15-10-21-23(2)16(15)19-12-20-17/h10,12-14H,3-9,11H2,1-2H3. The topological polar surface area (TPSA) is 67.2 Å². The number of aromatic nitrogens is 4. The van der Waals surface area contributed by atoms with E-state index < -0.39 is 0 Å². The van der Waals surface area contributed by atoms with Crippen molar-refractivity contribution in [2.24, 2.45) is 18.9 Å². The lowest BCUT2D eigenvalue weighted by molar-refractivity contribution is -0.137. The second kappa shape index (κ2) is 6.61. The van der Waals surface area contributed by atoms with Crippen molar-refractivity contribution in [2.45, 2.75) is 32.1 Å². The van der Waals surface area contributed by atoms with Crippen molar-refractivity contribution in [3.05, 3.63) is 12.5 Å². The number of carbonyl (C=O) groups is 1. The average Bonchev–Trinajstić information content (AvgIpc) is 2.95. The summed E-state index contributed by atoms with van der Waals surface area (Å²) in [7, 11) is 3.87. The van der Waals surface area contributed by atoms with E-state index in [4.69, 9.17) is 0 Å². The molecule has 4 rings (SSSR count). The third-order valence-corrected chi connectivity index (χ3v) is 5.79. The van der Waals surface area contributed by atoms with Crippen molar-refractivity contribution >= 4 is 22.8 Å². The highest BCUT2D eigenvalue weighted by atomic mass is 16.2. The highest BCUT2D eigenvalue weighted by molar-refractivity contribution is 5.86. The van der Waals surface area contributed by atoms with Crippen LogP contribution < -0.4 is 4.90 Å². The number of nitrogens with zero attached hydrogens (tertiary/aromatic N) is 6.